The minimum atomic E-state index is -0.807. The highest BCUT2D eigenvalue weighted by molar-refractivity contribution is 5.77. The van der Waals surface area contributed by atoms with Gasteiger partial charge in [0, 0.05) is 6.42 Å². The number of ether oxygens (including phenoxy) is 1. The summed E-state index contributed by atoms with van der Waals surface area (Å²) in [6.45, 7) is 6.35. The number of hydrogen-bond acceptors (Lipinski definition) is 5. The summed E-state index contributed by atoms with van der Waals surface area (Å²) >= 11 is 0. The normalized spacial score (nSPS) is 13.9. The predicted octanol–water partition coefficient (Wildman–Crippen LogP) is 16.7. The Balaban J connectivity index is 4.72. The monoisotopic (exact) mass is 906 g/mol. The first kappa shape index (κ1) is 62.0. The predicted molar refractivity (Wildman–Crippen MR) is 282 cm³/mol. The van der Waals surface area contributed by atoms with Crippen molar-refractivity contribution < 1.29 is 24.5 Å². The van der Waals surface area contributed by atoms with Gasteiger partial charge in [0.2, 0.25) is 5.91 Å². The smallest absolute Gasteiger partial charge is 0.306 e. The van der Waals surface area contributed by atoms with Gasteiger partial charge in [0.05, 0.1) is 25.2 Å². The van der Waals surface area contributed by atoms with Crippen LogP contribution in [0.5, 0.6) is 0 Å². The fourth-order valence-corrected chi connectivity index (χ4v) is 7.86. The molecule has 0 rings (SSSR count). The Morgan fingerprint density at radius 3 is 1.28 bits per heavy atom. The summed E-state index contributed by atoms with van der Waals surface area (Å²) in [5, 5.41) is 23.8. The molecular formula is C59H103NO5. The Morgan fingerprint density at radius 2 is 0.831 bits per heavy atom. The summed E-state index contributed by atoms with van der Waals surface area (Å²) in [5.41, 5.74) is 0. The number of nitrogens with one attached hydrogen (secondary N) is 1. The van der Waals surface area contributed by atoms with Gasteiger partial charge < -0.3 is 20.3 Å². The molecule has 0 aromatic rings. The summed E-state index contributed by atoms with van der Waals surface area (Å²) in [7, 11) is 0. The average molecular weight is 906 g/mol. The highest BCUT2D eigenvalue weighted by Gasteiger charge is 2.24. The molecule has 0 aliphatic heterocycles. The van der Waals surface area contributed by atoms with Gasteiger partial charge in [0.1, 0.15) is 6.10 Å². The van der Waals surface area contributed by atoms with Gasteiger partial charge in [0.25, 0.3) is 0 Å². The molecule has 0 saturated heterocycles. The van der Waals surface area contributed by atoms with E-state index < -0.39 is 18.2 Å². The van der Waals surface area contributed by atoms with E-state index in [2.05, 4.69) is 105 Å². The summed E-state index contributed by atoms with van der Waals surface area (Å²) < 4.78 is 5.90. The summed E-state index contributed by atoms with van der Waals surface area (Å²) in [6, 6.07) is -0.725. The highest BCUT2D eigenvalue weighted by atomic mass is 16.5. The third kappa shape index (κ3) is 47.3. The van der Waals surface area contributed by atoms with Crippen molar-refractivity contribution in [2.45, 2.75) is 270 Å². The van der Waals surface area contributed by atoms with Gasteiger partial charge in [-0.3, -0.25) is 9.59 Å². The van der Waals surface area contributed by atoms with E-state index in [9.17, 15) is 19.8 Å². The third-order valence-electron chi connectivity index (χ3n) is 12.0. The summed E-state index contributed by atoms with van der Waals surface area (Å²) in [5.74, 6) is -0.590. The van der Waals surface area contributed by atoms with Crippen LogP contribution in [0.2, 0.25) is 0 Å². The van der Waals surface area contributed by atoms with E-state index in [-0.39, 0.29) is 31.3 Å². The van der Waals surface area contributed by atoms with E-state index >= 15 is 0 Å². The van der Waals surface area contributed by atoms with Crippen molar-refractivity contribution in [3.63, 3.8) is 0 Å². The van der Waals surface area contributed by atoms with Crippen molar-refractivity contribution in [2.75, 3.05) is 6.61 Å². The molecule has 0 aliphatic carbocycles. The van der Waals surface area contributed by atoms with Crippen molar-refractivity contribution in [3.05, 3.63) is 85.1 Å². The summed E-state index contributed by atoms with van der Waals surface area (Å²) in [4.78, 5) is 26.2. The Bertz CT molecular complexity index is 1250. The molecule has 3 atom stereocenters. The van der Waals surface area contributed by atoms with Crippen LogP contribution < -0.4 is 5.32 Å². The number of carbonyl (C=O) groups excluding carboxylic acids is 2. The van der Waals surface area contributed by atoms with Crippen LogP contribution in [0.25, 0.3) is 0 Å². The quantitative estimate of drug-likeness (QED) is 0.0321. The topological polar surface area (TPSA) is 95.9 Å². The van der Waals surface area contributed by atoms with Crippen molar-refractivity contribution >= 4 is 11.9 Å². The Labute approximate surface area is 402 Å². The van der Waals surface area contributed by atoms with Gasteiger partial charge >= 0.3 is 5.97 Å². The largest absolute Gasteiger partial charge is 0.462 e. The second kappa shape index (κ2) is 52.0. The molecule has 0 fully saturated rings. The Hall–Kier alpha value is -2.96. The number of unbranched alkanes of at least 4 members (excludes halogenated alkanes) is 22. The van der Waals surface area contributed by atoms with Crippen LogP contribution in [0.15, 0.2) is 85.1 Å². The number of hydrogen-bond donors (Lipinski definition) is 3. The van der Waals surface area contributed by atoms with Crippen LogP contribution >= 0.6 is 0 Å². The SMILES string of the molecule is CC/C=C\C/C=C\C/C=C\C/C=C\C/C=C\C/C=C\CCC(=O)OC(CCCCC/C=C/CCCCCCCCCCC)CC(=O)NC(CO)C(O)CCCCCCCCCCCCC. The molecule has 3 unspecified atom stereocenters. The van der Waals surface area contributed by atoms with E-state index in [4.69, 9.17) is 4.74 Å². The van der Waals surface area contributed by atoms with Crippen LogP contribution in [0, 0.1) is 0 Å². The van der Waals surface area contributed by atoms with Gasteiger partial charge in [-0.25, -0.2) is 0 Å². The van der Waals surface area contributed by atoms with E-state index in [1.165, 1.54) is 109 Å². The first-order valence-corrected chi connectivity index (χ1v) is 27.3. The molecule has 0 aliphatic rings. The number of esters is 1. The standard InChI is InChI=1S/C59H103NO5/c1-4-7-10-13-16-19-22-24-26-28-29-30-32-34-37-40-43-46-49-52-59(64)65-55(50-47-44-41-38-36-33-31-27-25-23-20-17-14-11-8-5-2)53-58(63)60-56(54-61)57(62)51-48-45-42-39-35-21-18-15-12-9-6-3/h7,10,16,19,24,26,29-30,33-34,36-37,43,46,55-57,61-62H,4-6,8-9,11-15,17-18,20-23,25,27-28,31-32,35,38-42,44-45,47-54H2,1-3H3,(H,60,63)/b10-7-,19-16-,26-24-,30-29-,36-33+,37-34-,46-43-. The fraction of sp³-hybridized carbons (Fsp3) is 0.729. The first-order valence-electron chi connectivity index (χ1n) is 27.3. The van der Waals surface area contributed by atoms with Crippen LogP contribution in [-0.2, 0) is 14.3 Å². The molecule has 6 heteroatoms. The zero-order valence-corrected chi connectivity index (χ0v) is 42.6. The van der Waals surface area contributed by atoms with Crippen molar-refractivity contribution in [1.29, 1.82) is 0 Å². The average Bonchev–Trinajstić information content (AvgIpc) is 3.30. The molecule has 6 nitrogen and oxygen atoms in total. The summed E-state index contributed by atoms with van der Waals surface area (Å²) in [6.07, 6.45) is 68.0. The number of allylic oxidation sites excluding steroid dienone is 14. The van der Waals surface area contributed by atoms with E-state index in [1.54, 1.807) is 0 Å². The van der Waals surface area contributed by atoms with Gasteiger partial charge in [-0.2, -0.15) is 0 Å². The molecule has 1 amide bonds. The molecule has 0 aromatic heterocycles. The zero-order chi connectivity index (χ0) is 47.4. The molecule has 0 aromatic carbocycles. The van der Waals surface area contributed by atoms with Crippen molar-refractivity contribution in [1.82, 2.24) is 5.32 Å². The van der Waals surface area contributed by atoms with Crippen LogP contribution in [0.1, 0.15) is 252 Å². The van der Waals surface area contributed by atoms with Crippen LogP contribution in [0.4, 0.5) is 0 Å². The zero-order valence-electron chi connectivity index (χ0n) is 42.6. The minimum absolute atomic E-state index is 0.0337. The third-order valence-corrected chi connectivity index (χ3v) is 12.0. The van der Waals surface area contributed by atoms with Crippen LogP contribution in [-0.4, -0.2) is 46.9 Å². The molecule has 374 valence electrons. The van der Waals surface area contributed by atoms with Gasteiger partial charge in [0.15, 0.2) is 0 Å². The maximum atomic E-state index is 13.2. The lowest BCUT2D eigenvalue weighted by Crippen LogP contribution is -2.46. The van der Waals surface area contributed by atoms with Gasteiger partial charge in [-0.05, 0) is 89.9 Å². The van der Waals surface area contributed by atoms with Crippen molar-refractivity contribution in [3.8, 4) is 0 Å². The Kier molecular flexibility index (Phi) is 49.6. The lowest BCUT2D eigenvalue weighted by Gasteiger charge is -2.24. The number of carbonyl (C=O) groups is 2. The van der Waals surface area contributed by atoms with E-state index in [0.29, 0.717) is 19.3 Å². The maximum absolute atomic E-state index is 13.2. The minimum Gasteiger partial charge on any atom is -0.462 e. The molecule has 0 heterocycles. The second-order valence-electron chi connectivity index (χ2n) is 18.2. The van der Waals surface area contributed by atoms with Crippen molar-refractivity contribution in [2.24, 2.45) is 0 Å². The van der Waals surface area contributed by atoms with Crippen LogP contribution in [0.3, 0.4) is 0 Å². The molecule has 0 bridgehead atoms. The second-order valence-corrected chi connectivity index (χ2v) is 18.2. The number of rotatable bonds is 48. The fourth-order valence-electron chi connectivity index (χ4n) is 7.86. The molecule has 3 N–H and O–H groups in total. The van der Waals surface area contributed by atoms with E-state index in [1.807, 2.05) is 6.08 Å². The Morgan fingerprint density at radius 1 is 0.462 bits per heavy atom. The van der Waals surface area contributed by atoms with E-state index in [0.717, 1.165) is 89.9 Å². The molecule has 0 saturated carbocycles. The molecule has 65 heavy (non-hydrogen) atoms. The van der Waals surface area contributed by atoms with Gasteiger partial charge in [-0.1, -0.05) is 234 Å². The maximum Gasteiger partial charge on any atom is 0.306 e. The highest BCUT2D eigenvalue weighted by Crippen LogP contribution is 2.17. The number of aliphatic hydroxyl groups is 2. The lowest BCUT2D eigenvalue weighted by atomic mass is 10.0. The first-order chi connectivity index (χ1) is 32.0. The number of amides is 1. The number of aliphatic hydroxyl groups excluding tert-OH is 2. The van der Waals surface area contributed by atoms with Gasteiger partial charge in [-0.15, -0.1) is 0 Å². The molecule has 0 radical (unpaired) electrons. The lowest BCUT2D eigenvalue weighted by molar-refractivity contribution is -0.150. The molecular weight excluding hydrogens is 803 g/mol. The molecule has 0 spiro atoms.